The maximum absolute atomic E-state index is 12.6. The quantitative estimate of drug-likeness (QED) is 0.776. The summed E-state index contributed by atoms with van der Waals surface area (Å²) in [5.74, 6) is 1.05. The van der Waals surface area contributed by atoms with Crippen LogP contribution in [0.5, 0.6) is 0 Å². The molecule has 4 nitrogen and oxygen atoms in total. The fourth-order valence-corrected chi connectivity index (χ4v) is 4.41. The molecule has 5 heteroatoms. The lowest BCUT2D eigenvalue weighted by Crippen LogP contribution is -2.51. The van der Waals surface area contributed by atoms with Crippen LogP contribution in [0.15, 0.2) is 0 Å². The summed E-state index contributed by atoms with van der Waals surface area (Å²) in [4.78, 5) is 28.3. The number of likely N-dealkylation sites (N-methyl/N-ethyl adjacent to an activating group) is 1. The maximum Gasteiger partial charge on any atom is 0.246 e. The summed E-state index contributed by atoms with van der Waals surface area (Å²) in [5, 5.41) is 0. The van der Waals surface area contributed by atoms with Gasteiger partial charge in [0.05, 0.1) is 4.87 Å². The second kappa shape index (κ2) is 5.73. The highest BCUT2D eigenvalue weighted by Gasteiger charge is 2.53. The topological polar surface area (TPSA) is 40.6 Å². The van der Waals surface area contributed by atoms with Gasteiger partial charge in [-0.3, -0.25) is 9.59 Å². The number of carbonyl (C=O) groups excluding carboxylic acids is 2. The van der Waals surface area contributed by atoms with Gasteiger partial charge in [-0.2, -0.15) is 0 Å². The minimum Gasteiger partial charge on any atom is -0.341 e. The van der Waals surface area contributed by atoms with Gasteiger partial charge < -0.3 is 9.80 Å². The lowest BCUT2D eigenvalue weighted by Gasteiger charge is -2.32. The van der Waals surface area contributed by atoms with Gasteiger partial charge in [-0.05, 0) is 26.7 Å². The van der Waals surface area contributed by atoms with Crippen molar-refractivity contribution in [3.05, 3.63) is 0 Å². The molecule has 0 spiro atoms. The summed E-state index contributed by atoms with van der Waals surface area (Å²) in [7, 11) is 0. The van der Waals surface area contributed by atoms with Gasteiger partial charge in [0.25, 0.3) is 0 Å². The minimum absolute atomic E-state index is 0.137. The Labute approximate surface area is 119 Å². The van der Waals surface area contributed by atoms with Gasteiger partial charge in [-0.1, -0.05) is 13.3 Å². The molecule has 0 aromatic heterocycles. The van der Waals surface area contributed by atoms with Crippen LogP contribution in [0, 0.1) is 0 Å². The molecule has 0 radical (unpaired) electrons. The molecule has 0 aliphatic carbocycles. The predicted molar refractivity (Wildman–Crippen MR) is 77.9 cm³/mol. The normalized spacial score (nSPS) is 29.7. The maximum atomic E-state index is 12.6. The van der Waals surface area contributed by atoms with Crippen LogP contribution in [-0.4, -0.2) is 51.4 Å². The van der Waals surface area contributed by atoms with Crippen LogP contribution in [0.2, 0.25) is 0 Å². The molecule has 108 valence electrons. The average molecular weight is 284 g/mol. The predicted octanol–water partition coefficient (Wildman–Crippen LogP) is 2.09. The Balaban J connectivity index is 2.09. The molecule has 2 aliphatic heterocycles. The third kappa shape index (κ3) is 2.62. The fraction of sp³-hybridized carbons (Fsp3) is 0.857. The molecular formula is C14H24N2O2S. The van der Waals surface area contributed by atoms with Gasteiger partial charge in [-0.25, -0.2) is 0 Å². The summed E-state index contributed by atoms with van der Waals surface area (Å²) in [6.07, 6.45) is 3.59. The number of hydrogen-bond acceptors (Lipinski definition) is 3. The molecule has 0 aromatic carbocycles. The van der Waals surface area contributed by atoms with Crippen LogP contribution in [0.3, 0.4) is 0 Å². The van der Waals surface area contributed by atoms with Crippen LogP contribution >= 0.6 is 11.8 Å². The van der Waals surface area contributed by atoms with E-state index in [1.807, 2.05) is 16.7 Å². The molecule has 2 rings (SSSR count). The van der Waals surface area contributed by atoms with Gasteiger partial charge >= 0.3 is 0 Å². The Morgan fingerprint density at radius 3 is 2.89 bits per heavy atom. The van der Waals surface area contributed by atoms with Crippen LogP contribution in [0.25, 0.3) is 0 Å². The van der Waals surface area contributed by atoms with E-state index in [4.69, 9.17) is 0 Å². The fourth-order valence-electron chi connectivity index (χ4n) is 2.99. The SMILES string of the molecule is CCCCN(CC)C(=O)C1CSC2(C)CCC(=O)N12. The Hall–Kier alpha value is -0.710. The number of nitrogens with zero attached hydrogens (tertiary/aromatic N) is 2. The summed E-state index contributed by atoms with van der Waals surface area (Å²) < 4.78 is 0. The van der Waals surface area contributed by atoms with Gasteiger partial charge in [0.1, 0.15) is 6.04 Å². The molecule has 2 aliphatic rings. The van der Waals surface area contributed by atoms with Crippen molar-refractivity contribution >= 4 is 23.6 Å². The highest BCUT2D eigenvalue weighted by Crippen LogP contribution is 2.47. The Morgan fingerprint density at radius 1 is 1.53 bits per heavy atom. The standard InChI is InChI=1S/C14H24N2O2S/c1-4-6-9-15(5-2)13(18)11-10-19-14(3)8-7-12(17)16(11)14/h11H,4-10H2,1-3H3. The first-order valence-corrected chi connectivity index (χ1v) is 8.27. The van der Waals surface area contributed by atoms with Crippen molar-refractivity contribution in [3.8, 4) is 0 Å². The lowest BCUT2D eigenvalue weighted by atomic mass is 10.2. The number of rotatable bonds is 5. The number of amides is 2. The first kappa shape index (κ1) is 14.7. The zero-order valence-electron chi connectivity index (χ0n) is 12.1. The second-order valence-electron chi connectivity index (χ2n) is 5.54. The Kier molecular flexibility index (Phi) is 4.43. The molecule has 0 aromatic rings. The van der Waals surface area contributed by atoms with E-state index < -0.39 is 0 Å². The van der Waals surface area contributed by atoms with E-state index in [1.54, 1.807) is 11.8 Å². The van der Waals surface area contributed by atoms with E-state index in [0.717, 1.165) is 38.1 Å². The largest absolute Gasteiger partial charge is 0.341 e. The number of hydrogen-bond donors (Lipinski definition) is 0. The molecule has 0 saturated carbocycles. The van der Waals surface area contributed by atoms with Crippen molar-refractivity contribution in [2.24, 2.45) is 0 Å². The van der Waals surface area contributed by atoms with Gasteiger partial charge in [-0.15, -0.1) is 11.8 Å². The third-order valence-electron chi connectivity index (χ3n) is 4.20. The van der Waals surface area contributed by atoms with E-state index in [2.05, 4.69) is 13.8 Å². The smallest absolute Gasteiger partial charge is 0.246 e. The van der Waals surface area contributed by atoms with E-state index in [-0.39, 0.29) is 22.7 Å². The first-order valence-electron chi connectivity index (χ1n) is 7.28. The summed E-state index contributed by atoms with van der Waals surface area (Å²) in [6.45, 7) is 7.79. The van der Waals surface area contributed by atoms with E-state index >= 15 is 0 Å². The van der Waals surface area contributed by atoms with Gasteiger partial charge in [0, 0.05) is 25.3 Å². The lowest BCUT2D eigenvalue weighted by molar-refractivity contribution is -0.143. The van der Waals surface area contributed by atoms with E-state index in [1.165, 1.54) is 0 Å². The number of thioether (sulfide) groups is 1. The molecule has 2 amide bonds. The summed E-state index contributed by atoms with van der Waals surface area (Å²) in [5.41, 5.74) is 0. The monoisotopic (exact) mass is 284 g/mol. The second-order valence-corrected chi connectivity index (χ2v) is 7.04. The number of carbonyl (C=O) groups is 2. The van der Waals surface area contributed by atoms with Crippen molar-refractivity contribution in [2.75, 3.05) is 18.8 Å². The number of fused-ring (bicyclic) bond motifs is 1. The molecule has 2 saturated heterocycles. The van der Waals surface area contributed by atoms with Crippen LogP contribution in [-0.2, 0) is 9.59 Å². The van der Waals surface area contributed by atoms with E-state index in [0.29, 0.717) is 6.42 Å². The van der Waals surface area contributed by atoms with Crippen molar-refractivity contribution in [3.63, 3.8) is 0 Å². The molecule has 2 fully saturated rings. The molecule has 0 bridgehead atoms. The van der Waals surface area contributed by atoms with Crippen molar-refractivity contribution in [2.45, 2.75) is 57.4 Å². The highest BCUT2D eigenvalue weighted by atomic mass is 32.2. The van der Waals surface area contributed by atoms with Gasteiger partial charge in [0.15, 0.2) is 0 Å². The Bertz CT molecular complexity index is 374. The molecule has 2 unspecified atom stereocenters. The van der Waals surface area contributed by atoms with Crippen LogP contribution in [0.1, 0.15) is 46.5 Å². The molecule has 19 heavy (non-hydrogen) atoms. The summed E-state index contributed by atoms with van der Waals surface area (Å²) >= 11 is 1.76. The van der Waals surface area contributed by atoms with Gasteiger partial charge in [0.2, 0.25) is 11.8 Å². The highest BCUT2D eigenvalue weighted by molar-refractivity contribution is 8.01. The summed E-state index contributed by atoms with van der Waals surface area (Å²) in [6, 6.07) is -0.234. The third-order valence-corrected chi connectivity index (χ3v) is 5.71. The van der Waals surface area contributed by atoms with Crippen molar-refractivity contribution in [1.29, 1.82) is 0 Å². The number of unbranched alkanes of at least 4 members (excludes halogenated alkanes) is 1. The molecule has 2 atom stereocenters. The van der Waals surface area contributed by atoms with Crippen molar-refractivity contribution in [1.82, 2.24) is 9.80 Å². The minimum atomic E-state index is -0.234. The van der Waals surface area contributed by atoms with E-state index in [9.17, 15) is 9.59 Å². The zero-order valence-corrected chi connectivity index (χ0v) is 13.0. The van der Waals surface area contributed by atoms with Crippen molar-refractivity contribution < 1.29 is 9.59 Å². The zero-order chi connectivity index (χ0) is 14.0. The Morgan fingerprint density at radius 2 is 2.26 bits per heavy atom. The average Bonchev–Trinajstić information content (AvgIpc) is 2.88. The molecule has 0 N–H and O–H groups in total. The van der Waals surface area contributed by atoms with Crippen LogP contribution in [0.4, 0.5) is 0 Å². The molecular weight excluding hydrogens is 260 g/mol. The first-order chi connectivity index (χ1) is 9.03. The molecule has 2 heterocycles. The van der Waals surface area contributed by atoms with Crippen LogP contribution < -0.4 is 0 Å².